The van der Waals surface area contributed by atoms with Crippen LogP contribution in [0, 0.1) is 12.3 Å². The number of aryl methyl sites for hydroxylation is 1. The van der Waals surface area contributed by atoms with Gasteiger partial charge in [-0.3, -0.25) is 4.79 Å². The first kappa shape index (κ1) is 29.5. The highest BCUT2D eigenvalue weighted by Gasteiger charge is 2.56. The third-order valence-electron chi connectivity index (χ3n) is 8.50. The van der Waals surface area contributed by atoms with E-state index in [1.54, 1.807) is 22.0 Å². The molecule has 0 unspecified atom stereocenters. The van der Waals surface area contributed by atoms with Gasteiger partial charge in [0.25, 0.3) is 0 Å². The van der Waals surface area contributed by atoms with Crippen molar-refractivity contribution in [2.75, 3.05) is 20.1 Å². The summed E-state index contributed by atoms with van der Waals surface area (Å²) in [4.78, 5) is 32.1. The van der Waals surface area contributed by atoms with Gasteiger partial charge >= 0.3 is 18.4 Å². The summed E-state index contributed by atoms with van der Waals surface area (Å²) in [6.45, 7) is 3.60. The van der Waals surface area contributed by atoms with Crippen LogP contribution in [-0.2, 0) is 21.9 Å². The van der Waals surface area contributed by atoms with Gasteiger partial charge in [-0.2, -0.15) is 26.3 Å². The van der Waals surface area contributed by atoms with Crippen molar-refractivity contribution in [1.29, 1.82) is 0 Å². The van der Waals surface area contributed by atoms with Crippen LogP contribution in [0.15, 0.2) is 67.1 Å². The Balaban J connectivity index is 1.51. The fraction of sp³-hybridized carbons (Fsp3) is 0.400. The van der Waals surface area contributed by atoms with Crippen molar-refractivity contribution in [2.45, 2.75) is 50.7 Å². The van der Waals surface area contributed by atoms with E-state index in [1.807, 2.05) is 31.2 Å². The minimum absolute atomic E-state index is 0.0671. The standard InChI is InChI=1S/C30H29F6N3O3/c1-18-6-4-5-7-23(18)25-24-17-28(8-12-42-13-9-28)26(40)38(24)10-11-39(25)27(41)37(3)19(2)20-14-21(29(31,32)33)16-22(15-20)30(34,35)36/h4-9,12-16,19,24-25H,10-11,17H2,1-3H3/t19-,24+,25+/m1/s1. The van der Waals surface area contributed by atoms with E-state index in [-0.39, 0.29) is 30.6 Å². The molecule has 2 fully saturated rings. The van der Waals surface area contributed by atoms with Gasteiger partial charge in [0.1, 0.15) is 0 Å². The second kappa shape index (κ2) is 10.4. The number of halogens is 6. The highest BCUT2D eigenvalue weighted by molar-refractivity contribution is 5.90. The lowest BCUT2D eigenvalue weighted by molar-refractivity contribution is -0.143. The fourth-order valence-corrected chi connectivity index (χ4v) is 6.09. The van der Waals surface area contributed by atoms with Crippen molar-refractivity contribution >= 4 is 11.9 Å². The fourth-order valence-electron chi connectivity index (χ4n) is 6.09. The van der Waals surface area contributed by atoms with Crippen LogP contribution < -0.4 is 0 Å². The maximum atomic E-state index is 14.1. The summed E-state index contributed by atoms with van der Waals surface area (Å²) >= 11 is 0. The molecule has 224 valence electrons. The van der Waals surface area contributed by atoms with Crippen LogP contribution in [0.25, 0.3) is 0 Å². The predicted octanol–water partition coefficient (Wildman–Crippen LogP) is 6.85. The van der Waals surface area contributed by atoms with E-state index < -0.39 is 53.1 Å². The summed E-state index contributed by atoms with van der Waals surface area (Å²) in [6, 6.07) is 6.01. The average molecular weight is 594 g/mol. The van der Waals surface area contributed by atoms with Crippen molar-refractivity contribution in [1.82, 2.24) is 14.7 Å². The maximum absolute atomic E-state index is 14.1. The van der Waals surface area contributed by atoms with Crippen molar-refractivity contribution in [2.24, 2.45) is 5.41 Å². The first-order valence-corrected chi connectivity index (χ1v) is 13.3. The van der Waals surface area contributed by atoms with Gasteiger partial charge in [0, 0.05) is 20.1 Å². The molecule has 2 aromatic carbocycles. The lowest BCUT2D eigenvalue weighted by Gasteiger charge is -2.47. The molecule has 3 aliphatic heterocycles. The highest BCUT2D eigenvalue weighted by atomic mass is 19.4. The summed E-state index contributed by atoms with van der Waals surface area (Å²) in [5.41, 5.74) is -2.46. The molecule has 0 radical (unpaired) electrons. The molecule has 0 N–H and O–H groups in total. The number of urea groups is 1. The molecule has 0 saturated carbocycles. The van der Waals surface area contributed by atoms with Gasteiger partial charge in [-0.25, -0.2) is 4.79 Å². The summed E-state index contributed by atoms with van der Waals surface area (Å²) in [5.74, 6) is -0.126. The molecule has 0 bridgehead atoms. The number of benzene rings is 2. The summed E-state index contributed by atoms with van der Waals surface area (Å²) < 4.78 is 86.3. The second-order valence-corrected chi connectivity index (χ2v) is 11.0. The lowest BCUT2D eigenvalue weighted by atomic mass is 9.81. The number of hydrogen-bond donors (Lipinski definition) is 0. The van der Waals surface area contributed by atoms with E-state index in [9.17, 15) is 35.9 Å². The zero-order valence-electron chi connectivity index (χ0n) is 23.0. The molecule has 42 heavy (non-hydrogen) atoms. The topological polar surface area (TPSA) is 53.1 Å². The number of rotatable bonds is 3. The van der Waals surface area contributed by atoms with Gasteiger partial charge < -0.3 is 19.4 Å². The molecular weight excluding hydrogens is 564 g/mol. The van der Waals surface area contributed by atoms with E-state index in [0.29, 0.717) is 18.6 Å². The SMILES string of the molecule is Cc1ccccc1[C@H]1[C@@H]2CC3(C=COC=C3)C(=O)N2CCN1C(=O)N(C)[C@H](C)c1cc(C(F)(F)F)cc(C(F)(F)F)c1. The van der Waals surface area contributed by atoms with E-state index in [0.717, 1.165) is 16.0 Å². The lowest BCUT2D eigenvalue weighted by Crippen LogP contribution is -2.57. The predicted molar refractivity (Wildman–Crippen MR) is 141 cm³/mol. The number of fused-ring (bicyclic) bond motifs is 1. The van der Waals surface area contributed by atoms with Gasteiger partial charge in [-0.15, -0.1) is 0 Å². The molecule has 2 saturated heterocycles. The number of ether oxygens (including phenoxy) is 1. The van der Waals surface area contributed by atoms with E-state index >= 15 is 0 Å². The van der Waals surface area contributed by atoms with Crippen LogP contribution in [-0.4, -0.2) is 52.8 Å². The molecule has 3 amide bonds. The largest absolute Gasteiger partial charge is 0.473 e. The number of hydrogen-bond acceptors (Lipinski definition) is 3. The summed E-state index contributed by atoms with van der Waals surface area (Å²) in [6.07, 6.45) is -3.40. The van der Waals surface area contributed by atoms with Crippen molar-refractivity contribution in [3.8, 4) is 0 Å². The highest BCUT2D eigenvalue weighted by Crippen LogP contribution is 2.48. The van der Waals surface area contributed by atoms with Crippen molar-refractivity contribution in [3.63, 3.8) is 0 Å². The van der Waals surface area contributed by atoms with Crippen LogP contribution in [0.2, 0.25) is 0 Å². The Morgan fingerprint density at radius 2 is 1.60 bits per heavy atom. The number of carbonyl (C=O) groups is 2. The number of nitrogens with zero attached hydrogens (tertiary/aromatic N) is 3. The molecule has 0 aromatic heterocycles. The Morgan fingerprint density at radius 3 is 2.17 bits per heavy atom. The smallest absolute Gasteiger partial charge is 0.416 e. The third kappa shape index (κ3) is 5.11. The Labute approximate surface area is 238 Å². The molecule has 1 spiro atoms. The normalized spacial score (nSPS) is 22.3. The van der Waals surface area contributed by atoms with Gasteiger partial charge in [0.15, 0.2) is 0 Å². The minimum atomic E-state index is -5.01. The van der Waals surface area contributed by atoms with Crippen molar-refractivity contribution < 1.29 is 40.7 Å². The Kier molecular flexibility index (Phi) is 7.31. The molecule has 12 heteroatoms. The average Bonchev–Trinajstić information content (AvgIpc) is 3.21. The summed E-state index contributed by atoms with van der Waals surface area (Å²) in [7, 11) is 1.35. The van der Waals surface area contributed by atoms with E-state index in [1.165, 1.54) is 26.5 Å². The number of carbonyl (C=O) groups excluding carboxylic acids is 2. The molecule has 5 rings (SSSR count). The van der Waals surface area contributed by atoms with Crippen LogP contribution in [0.5, 0.6) is 0 Å². The van der Waals surface area contributed by atoms with Crippen LogP contribution in [0.1, 0.15) is 53.2 Å². The molecule has 2 aromatic rings. The number of amides is 3. The molecule has 3 aliphatic rings. The first-order chi connectivity index (χ1) is 19.6. The zero-order chi connectivity index (χ0) is 30.6. The van der Waals surface area contributed by atoms with Gasteiger partial charge in [0.05, 0.1) is 47.2 Å². The Hall–Kier alpha value is -3.96. The first-order valence-electron chi connectivity index (χ1n) is 13.3. The van der Waals surface area contributed by atoms with Gasteiger partial charge in [-0.1, -0.05) is 24.3 Å². The molecule has 6 nitrogen and oxygen atoms in total. The van der Waals surface area contributed by atoms with E-state index in [2.05, 4.69) is 0 Å². The third-order valence-corrected chi connectivity index (χ3v) is 8.50. The molecule has 3 atom stereocenters. The van der Waals surface area contributed by atoms with Crippen molar-refractivity contribution in [3.05, 3.63) is 95.0 Å². The number of piperazine rings is 1. The molecule has 3 heterocycles. The second-order valence-electron chi connectivity index (χ2n) is 11.0. The van der Waals surface area contributed by atoms with Crippen LogP contribution >= 0.6 is 0 Å². The molecule has 0 aliphatic carbocycles. The minimum Gasteiger partial charge on any atom is -0.473 e. The maximum Gasteiger partial charge on any atom is 0.416 e. The summed E-state index contributed by atoms with van der Waals surface area (Å²) in [5, 5.41) is 0. The van der Waals surface area contributed by atoms with Crippen LogP contribution in [0.3, 0.4) is 0 Å². The zero-order valence-corrected chi connectivity index (χ0v) is 23.0. The van der Waals surface area contributed by atoms with Crippen LogP contribution in [0.4, 0.5) is 31.1 Å². The van der Waals surface area contributed by atoms with Gasteiger partial charge in [0.2, 0.25) is 5.91 Å². The van der Waals surface area contributed by atoms with E-state index in [4.69, 9.17) is 4.74 Å². The van der Waals surface area contributed by atoms with Gasteiger partial charge in [-0.05, 0) is 67.3 Å². The Morgan fingerprint density at radius 1 is 1.00 bits per heavy atom. The number of alkyl halides is 6. The quantitative estimate of drug-likeness (QED) is 0.366. The Bertz CT molecular complexity index is 1410. The monoisotopic (exact) mass is 593 g/mol. The molecular formula is C30H29F6N3O3.